The molecule has 0 aliphatic heterocycles. The van der Waals surface area contributed by atoms with Crippen LogP contribution in [-0.2, 0) is 16.5 Å². The van der Waals surface area contributed by atoms with Crippen molar-refractivity contribution in [3.8, 4) is 12.1 Å². The van der Waals surface area contributed by atoms with Gasteiger partial charge in [0.15, 0.2) is 0 Å². The van der Waals surface area contributed by atoms with Gasteiger partial charge in [-0.2, -0.15) is 5.26 Å². The molecule has 0 aromatic heterocycles. The maximum atomic E-state index is 8.82. The number of rotatable bonds is 0. The van der Waals surface area contributed by atoms with E-state index in [-0.39, 0.29) is 16.5 Å². The molecular formula is C2N2NiO. The number of nitriles is 1. The topological polar surface area (TPSA) is 51.2 Å². The maximum absolute atomic E-state index is 8.82. The van der Waals surface area contributed by atoms with Gasteiger partial charge in [-0.25, -0.2) is 0 Å². The van der Waals surface area contributed by atoms with Crippen molar-refractivity contribution in [2.75, 3.05) is 0 Å². The molecule has 0 bridgehead atoms. The zero-order chi connectivity index (χ0) is 4.12. The van der Waals surface area contributed by atoms with Gasteiger partial charge in [0.05, 0.1) is 0 Å². The molecule has 0 amide bonds. The van der Waals surface area contributed by atoms with Gasteiger partial charge in [-0.1, -0.05) is 0 Å². The Hall–Kier alpha value is -0.726. The summed E-state index contributed by atoms with van der Waals surface area (Å²) in [5, 5.41) is 18.2. The minimum atomic E-state index is 0. The molecule has 0 atom stereocenters. The average molecular weight is 127 g/mol. The van der Waals surface area contributed by atoms with E-state index in [0.29, 0.717) is 0 Å². The molecule has 0 heterocycles. The Balaban J connectivity index is 0. The van der Waals surface area contributed by atoms with Crippen LogP contribution in [0.2, 0.25) is 0 Å². The van der Waals surface area contributed by atoms with Gasteiger partial charge >= 0.3 is 6.07 Å². The molecule has 0 saturated carbocycles. The molecule has 4 heteroatoms. The zero-order valence-electron chi connectivity index (χ0n) is 2.62. The quantitative estimate of drug-likeness (QED) is 0.347. The van der Waals surface area contributed by atoms with Crippen LogP contribution < -0.4 is 0 Å². The van der Waals surface area contributed by atoms with E-state index in [9.17, 15) is 0 Å². The van der Waals surface area contributed by atoms with E-state index < -0.39 is 0 Å². The van der Waals surface area contributed by atoms with E-state index in [1.54, 1.807) is 0 Å². The second-order valence-electron chi connectivity index (χ2n) is 0.315. The summed E-state index contributed by atoms with van der Waals surface area (Å²) in [5.74, 6) is 0. The van der Waals surface area contributed by atoms with Gasteiger partial charge in [0.1, 0.15) is 0 Å². The van der Waals surface area contributed by atoms with Crippen LogP contribution >= 0.6 is 0 Å². The molecule has 0 aliphatic carbocycles. The monoisotopic (exact) mass is 126 g/mol. The van der Waals surface area contributed by atoms with Gasteiger partial charge in [-0.05, 0) is 0 Å². The third-order valence-electron chi connectivity index (χ3n) is 0.0956. The largest absolute Gasteiger partial charge is 0.497 e. The number of nitrogens with zero attached hydrogens (tertiary/aromatic N) is 2. The first-order chi connectivity index (χ1) is 2.41. The Kier molecular flexibility index (Phi) is 13.3. The molecular weight excluding hydrogens is 127 g/mol. The van der Waals surface area contributed by atoms with Crippen molar-refractivity contribution in [2.24, 2.45) is 0 Å². The molecule has 6 heavy (non-hydrogen) atoms. The summed E-state index contributed by atoms with van der Waals surface area (Å²) in [5.41, 5.74) is 0. The molecule has 0 N–H and O–H groups in total. The van der Waals surface area contributed by atoms with Crippen molar-refractivity contribution >= 4 is 0 Å². The maximum Gasteiger partial charge on any atom is 0.419 e. The van der Waals surface area contributed by atoms with E-state index in [4.69, 9.17) is 10.5 Å². The van der Waals surface area contributed by atoms with Crippen molar-refractivity contribution < 1.29 is 16.5 Å². The van der Waals surface area contributed by atoms with Crippen LogP contribution in [0.3, 0.4) is 0 Å². The van der Waals surface area contributed by atoms with Gasteiger partial charge in [0.25, 0.3) is 0 Å². The third-order valence-corrected chi connectivity index (χ3v) is 0.0956. The standard InChI is InChI=1S/C2N2O.Ni/c3-1-2-4-5;. The molecule has 0 unspecified atom stereocenters. The van der Waals surface area contributed by atoms with Crippen molar-refractivity contribution in [3.05, 3.63) is 10.2 Å². The average Bonchev–Trinajstić information content (AvgIpc) is 1.41. The first-order valence-corrected chi connectivity index (χ1v) is 0.880. The van der Waals surface area contributed by atoms with Crippen LogP contribution in [0.15, 0.2) is 0 Å². The van der Waals surface area contributed by atoms with E-state index in [1.807, 2.05) is 5.01 Å². The summed E-state index contributed by atoms with van der Waals surface area (Å²) in [6.07, 6.45) is 0. The van der Waals surface area contributed by atoms with Crippen molar-refractivity contribution in [2.45, 2.75) is 0 Å². The molecule has 0 aromatic rings. The third kappa shape index (κ3) is 10.4. The fourth-order valence-electron chi connectivity index (χ4n) is 0.0204. The number of hydrogen-bond acceptors (Lipinski definition) is 2. The molecule has 0 aromatic carbocycles. The van der Waals surface area contributed by atoms with Crippen molar-refractivity contribution in [3.63, 3.8) is 0 Å². The molecule has 34 valence electrons. The van der Waals surface area contributed by atoms with Gasteiger partial charge < -0.3 is 5.21 Å². The molecule has 0 saturated heterocycles. The van der Waals surface area contributed by atoms with Crippen molar-refractivity contribution in [1.29, 1.82) is 5.26 Å². The first kappa shape index (κ1) is 8.99. The second-order valence-corrected chi connectivity index (χ2v) is 0.315. The predicted molar refractivity (Wildman–Crippen MR) is 16.2 cm³/mol. The molecule has 3 nitrogen and oxygen atoms in total. The van der Waals surface area contributed by atoms with Crippen LogP contribution in [0.4, 0.5) is 0 Å². The number of hydrogen-bond donors (Lipinski definition) is 0. The van der Waals surface area contributed by atoms with Crippen LogP contribution in [0.5, 0.6) is 0 Å². The second kappa shape index (κ2) is 8.86. The minimum Gasteiger partial charge on any atom is -0.497 e. The molecule has 0 rings (SSSR count). The van der Waals surface area contributed by atoms with E-state index in [1.165, 1.54) is 12.1 Å². The Bertz CT molecular complexity index is 105. The Morgan fingerprint density at radius 2 is 2.17 bits per heavy atom. The minimum absolute atomic E-state index is 0. The van der Waals surface area contributed by atoms with E-state index in [0.717, 1.165) is 0 Å². The van der Waals surface area contributed by atoms with Crippen LogP contribution in [0, 0.1) is 22.6 Å². The van der Waals surface area contributed by atoms with Gasteiger partial charge in [0, 0.05) is 21.5 Å². The van der Waals surface area contributed by atoms with Gasteiger partial charge in [-0.15, -0.1) is 0 Å². The van der Waals surface area contributed by atoms with E-state index in [2.05, 4.69) is 0 Å². The fourth-order valence-corrected chi connectivity index (χ4v) is 0.0204. The van der Waals surface area contributed by atoms with E-state index >= 15 is 0 Å². The summed E-state index contributed by atoms with van der Waals surface area (Å²) in [7, 11) is 0. The Labute approximate surface area is 44.9 Å². The molecule has 0 aliphatic rings. The fraction of sp³-hybridized carbons (Fsp3) is 0. The Morgan fingerprint density at radius 1 is 1.67 bits per heavy atom. The predicted octanol–water partition coefficient (Wildman–Crippen LogP) is 0.338. The molecule has 0 fully saturated rings. The summed E-state index contributed by atoms with van der Waals surface area (Å²) in [4.78, 5) is 0. The summed E-state index contributed by atoms with van der Waals surface area (Å²) in [6.45, 7) is 0. The first-order valence-electron chi connectivity index (χ1n) is 0.880. The van der Waals surface area contributed by atoms with Crippen LogP contribution in [0.25, 0.3) is 5.01 Å². The zero-order valence-corrected chi connectivity index (χ0v) is 3.61. The molecule has 0 spiro atoms. The normalized spacial score (nSPS) is 2.50. The van der Waals surface area contributed by atoms with Gasteiger partial charge in [-0.3, -0.25) is 0 Å². The summed E-state index contributed by atoms with van der Waals surface area (Å²) in [6, 6.07) is 2.77. The summed E-state index contributed by atoms with van der Waals surface area (Å²) >= 11 is 0. The SMILES string of the molecule is N#CC#[N+][O-].[Ni]. The van der Waals surface area contributed by atoms with Crippen LogP contribution in [-0.4, -0.2) is 0 Å². The van der Waals surface area contributed by atoms with Crippen LogP contribution in [0.1, 0.15) is 0 Å². The summed E-state index contributed by atoms with van der Waals surface area (Å²) < 4.78 is 0. The van der Waals surface area contributed by atoms with Gasteiger partial charge in [0.2, 0.25) is 6.07 Å². The Morgan fingerprint density at radius 3 is 2.17 bits per heavy atom. The van der Waals surface area contributed by atoms with Crippen molar-refractivity contribution in [1.82, 2.24) is 0 Å². The molecule has 0 radical (unpaired) electrons. The smallest absolute Gasteiger partial charge is 0.419 e.